The van der Waals surface area contributed by atoms with Gasteiger partial charge in [0.1, 0.15) is 6.61 Å². The lowest BCUT2D eigenvalue weighted by molar-refractivity contribution is 0.175. The van der Waals surface area contributed by atoms with Crippen molar-refractivity contribution in [2.45, 2.75) is 19.1 Å². The minimum atomic E-state index is -0.174. The maximum absolute atomic E-state index is 9.46. The summed E-state index contributed by atoms with van der Waals surface area (Å²) < 4.78 is 0. The Bertz CT molecular complexity index is 433. The third kappa shape index (κ3) is 3.57. The van der Waals surface area contributed by atoms with Crippen LogP contribution in [-0.2, 0) is 6.54 Å². The summed E-state index contributed by atoms with van der Waals surface area (Å²) in [4.78, 5) is 2.24. The summed E-state index contributed by atoms with van der Waals surface area (Å²) in [7, 11) is 0. The van der Waals surface area contributed by atoms with E-state index in [9.17, 15) is 5.11 Å². The highest BCUT2D eigenvalue weighted by molar-refractivity contribution is 5.37. The SMILES string of the molecule is OCC#Cc1cccc(CN2CCC(O)C2)c1. The molecule has 0 radical (unpaired) electrons. The number of rotatable bonds is 2. The molecule has 2 rings (SSSR count). The van der Waals surface area contributed by atoms with Crippen LogP contribution in [0.15, 0.2) is 24.3 Å². The monoisotopic (exact) mass is 231 g/mol. The predicted molar refractivity (Wildman–Crippen MR) is 66.3 cm³/mol. The van der Waals surface area contributed by atoms with Gasteiger partial charge >= 0.3 is 0 Å². The van der Waals surface area contributed by atoms with Gasteiger partial charge < -0.3 is 10.2 Å². The summed E-state index contributed by atoms with van der Waals surface area (Å²) in [6, 6.07) is 8.01. The molecule has 1 unspecified atom stereocenters. The fraction of sp³-hybridized carbons (Fsp3) is 0.429. The Hall–Kier alpha value is -1.34. The van der Waals surface area contributed by atoms with Gasteiger partial charge in [-0.3, -0.25) is 4.90 Å². The summed E-state index contributed by atoms with van der Waals surface area (Å²) in [5.74, 6) is 5.54. The first kappa shape index (κ1) is 12.1. The summed E-state index contributed by atoms with van der Waals surface area (Å²) in [6.07, 6.45) is 0.691. The van der Waals surface area contributed by atoms with Crippen LogP contribution in [0.5, 0.6) is 0 Å². The molecule has 0 aliphatic carbocycles. The van der Waals surface area contributed by atoms with Crippen LogP contribution in [0.2, 0.25) is 0 Å². The van der Waals surface area contributed by atoms with Crippen LogP contribution in [0.3, 0.4) is 0 Å². The Morgan fingerprint density at radius 1 is 1.41 bits per heavy atom. The van der Waals surface area contributed by atoms with Gasteiger partial charge in [0.2, 0.25) is 0 Å². The maximum atomic E-state index is 9.46. The molecular formula is C14H17NO2. The smallest absolute Gasteiger partial charge is 0.104 e. The Kier molecular flexibility index (Phi) is 4.16. The van der Waals surface area contributed by atoms with Crippen molar-refractivity contribution in [3.8, 4) is 11.8 Å². The number of aliphatic hydroxyl groups is 2. The number of aliphatic hydroxyl groups excluding tert-OH is 2. The zero-order valence-electron chi connectivity index (χ0n) is 9.76. The molecule has 1 saturated heterocycles. The molecule has 1 aromatic rings. The summed E-state index contributed by atoms with van der Waals surface area (Å²) in [6.45, 7) is 2.45. The first-order valence-corrected chi connectivity index (χ1v) is 5.87. The van der Waals surface area contributed by atoms with E-state index in [1.54, 1.807) is 0 Å². The number of hydrogen-bond acceptors (Lipinski definition) is 3. The second-order valence-electron chi connectivity index (χ2n) is 4.34. The number of β-amino-alcohol motifs (C(OH)–C–C–N with tert-alkyl or cyclic N) is 1. The predicted octanol–water partition coefficient (Wildman–Crippen LogP) is 0.597. The maximum Gasteiger partial charge on any atom is 0.104 e. The van der Waals surface area contributed by atoms with Crippen LogP contribution >= 0.6 is 0 Å². The van der Waals surface area contributed by atoms with Crippen molar-refractivity contribution >= 4 is 0 Å². The number of hydrogen-bond donors (Lipinski definition) is 2. The second-order valence-corrected chi connectivity index (χ2v) is 4.34. The van der Waals surface area contributed by atoms with E-state index >= 15 is 0 Å². The first-order chi connectivity index (χ1) is 8.28. The van der Waals surface area contributed by atoms with Crippen molar-refractivity contribution in [3.63, 3.8) is 0 Å². The van der Waals surface area contributed by atoms with Crippen molar-refractivity contribution in [1.82, 2.24) is 4.90 Å². The lowest BCUT2D eigenvalue weighted by atomic mass is 10.1. The van der Waals surface area contributed by atoms with Gasteiger partial charge in [-0.15, -0.1) is 0 Å². The van der Waals surface area contributed by atoms with Crippen molar-refractivity contribution in [2.24, 2.45) is 0 Å². The van der Waals surface area contributed by atoms with Crippen LogP contribution in [0, 0.1) is 11.8 Å². The average molecular weight is 231 g/mol. The molecule has 3 heteroatoms. The first-order valence-electron chi connectivity index (χ1n) is 5.87. The second kappa shape index (κ2) is 5.83. The van der Waals surface area contributed by atoms with E-state index in [1.165, 1.54) is 5.56 Å². The third-order valence-electron chi connectivity index (χ3n) is 2.89. The van der Waals surface area contributed by atoms with Crippen molar-refractivity contribution in [3.05, 3.63) is 35.4 Å². The zero-order valence-corrected chi connectivity index (χ0v) is 9.76. The van der Waals surface area contributed by atoms with Gasteiger partial charge in [-0.2, -0.15) is 0 Å². The lowest BCUT2D eigenvalue weighted by Crippen LogP contribution is -2.21. The molecule has 17 heavy (non-hydrogen) atoms. The fourth-order valence-corrected chi connectivity index (χ4v) is 2.10. The number of benzene rings is 1. The van der Waals surface area contributed by atoms with Crippen LogP contribution in [0.25, 0.3) is 0 Å². The van der Waals surface area contributed by atoms with E-state index in [-0.39, 0.29) is 12.7 Å². The third-order valence-corrected chi connectivity index (χ3v) is 2.89. The van der Waals surface area contributed by atoms with E-state index < -0.39 is 0 Å². The Balaban J connectivity index is 2.01. The molecule has 1 aliphatic rings. The Morgan fingerprint density at radius 2 is 2.29 bits per heavy atom. The van der Waals surface area contributed by atoms with Crippen LogP contribution < -0.4 is 0 Å². The molecule has 3 nitrogen and oxygen atoms in total. The van der Waals surface area contributed by atoms with E-state index in [4.69, 9.17) is 5.11 Å². The zero-order chi connectivity index (χ0) is 12.1. The van der Waals surface area contributed by atoms with Gasteiger partial charge in [0.05, 0.1) is 6.10 Å². The van der Waals surface area contributed by atoms with Crippen LogP contribution in [0.4, 0.5) is 0 Å². The lowest BCUT2D eigenvalue weighted by Gasteiger charge is -2.14. The molecular weight excluding hydrogens is 214 g/mol. The minimum Gasteiger partial charge on any atom is -0.392 e. The molecule has 90 valence electrons. The molecule has 1 fully saturated rings. The topological polar surface area (TPSA) is 43.7 Å². The molecule has 1 aromatic carbocycles. The van der Waals surface area contributed by atoms with E-state index in [0.717, 1.165) is 31.6 Å². The van der Waals surface area contributed by atoms with E-state index in [2.05, 4.69) is 22.8 Å². The molecule has 0 saturated carbocycles. The van der Waals surface area contributed by atoms with Crippen molar-refractivity contribution in [1.29, 1.82) is 0 Å². The molecule has 0 spiro atoms. The minimum absolute atomic E-state index is 0.109. The van der Waals surface area contributed by atoms with Crippen LogP contribution in [-0.4, -0.2) is 40.9 Å². The summed E-state index contributed by atoms with van der Waals surface area (Å²) >= 11 is 0. The van der Waals surface area contributed by atoms with Gasteiger partial charge in [0, 0.05) is 25.2 Å². The normalized spacial score (nSPS) is 20.0. The summed E-state index contributed by atoms with van der Waals surface area (Å²) in [5, 5.41) is 18.1. The summed E-state index contributed by atoms with van der Waals surface area (Å²) in [5.41, 5.74) is 2.13. The standard InChI is InChI=1S/C14H17NO2/c16-8-2-5-12-3-1-4-13(9-12)10-15-7-6-14(17)11-15/h1,3-4,9,14,16-17H,6-8,10-11H2. The molecule has 1 atom stereocenters. The van der Waals surface area contributed by atoms with Gasteiger partial charge in [0.25, 0.3) is 0 Å². The molecule has 0 amide bonds. The molecule has 1 aliphatic heterocycles. The van der Waals surface area contributed by atoms with Gasteiger partial charge in [-0.1, -0.05) is 24.0 Å². The molecule has 0 bridgehead atoms. The Morgan fingerprint density at radius 3 is 3.00 bits per heavy atom. The Labute approximate surface area is 102 Å². The molecule has 2 N–H and O–H groups in total. The largest absolute Gasteiger partial charge is 0.392 e. The fourth-order valence-electron chi connectivity index (χ4n) is 2.10. The van der Waals surface area contributed by atoms with Crippen molar-refractivity contribution in [2.75, 3.05) is 19.7 Å². The quantitative estimate of drug-likeness (QED) is 0.732. The van der Waals surface area contributed by atoms with Crippen LogP contribution in [0.1, 0.15) is 17.5 Å². The number of nitrogens with zero attached hydrogens (tertiary/aromatic N) is 1. The van der Waals surface area contributed by atoms with Gasteiger partial charge in [-0.25, -0.2) is 0 Å². The van der Waals surface area contributed by atoms with Crippen molar-refractivity contribution < 1.29 is 10.2 Å². The van der Waals surface area contributed by atoms with Gasteiger partial charge in [0.15, 0.2) is 0 Å². The molecule has 0 aromatic heterocycles. The van der Waals surface area contributed by atoms with E-state index in [0.29, 0.717) is 0 Å². The average Bonchev–Trinajstić information content (AvgIpc) is 2.73. The highest BCUT2D eigenvalue weighted by Crippen LogP contribution is 2.14. The molecule has 1 heterocycles. The van der Waals surface area contributed by atoms with E-state index in [1.807, 2.05) is 18.2 Å². The van der Waals surface area contributed by atoms with Gasteiger partial charge in [-0.05, 0) is 24.1 Å². The highest BCUT2D eigenvalue weighted by Gasteiger charge is 2.19. The number of likely N-dealkylation sites (tertiary alicyclic amines) is 1. The highest BCUT2D eigenvalue weighted by atomic mass is 16.3.